The fourth-order valence-corrected chi connectivity index (χ4v) is 3.51. The minimum Gasteiger partial charge on any atom is -0.464 e. The van der Waals surface area contributed by atoms with Crippen molar-refractivity contribution >= 4 is 34.8 Å². The number of para-hydroxylation sites is 1. The van der Waals surface area contributed by atoms with Crippen molar-refractivity contribution in [2.24, 2.45) is 5.10 Å². The lowest BCUT2D eigenvalue weighted by molar-refractivity contribution is -0.149. The number of hydrazone groups is 1. The molecule has 28 heavy (non-hydrogen) atoms. The highest BCUT2D eigenvalue weighted by molar-refractivity contribution is 6.30. The van der Waals surface area contributed by atoms with Crippen molar-refractivity contribution in [1.29, 1.82) is 0 Å². The largest absolute Gasteiger partial charge is 0.464 e. The van der Waals surface area contributed by atoms with Gasteiger partial charge in [-0.25, -0.2) is 9.80 Å². The van der Waals surface area contributed by atoms with Crippen LogP contribution in [0, 0.1) is 0 Å². The highest BCUT2D eigenvalue weighted by atomic mass is 35.5. The second kappa shape index (κ2) is 8.57. The highest BCUT2D eigenvalue weighted by Gasteiger charge is 2.51. The molecule has 2 aromatic carbocycles. The average molecular weight is 399 g/mol. The molecule has 146 valence electrons. The second-order valence-electron chi connectivity index (χ2n) is 6.83. The Morgan fingerprint density at radius 3 is 2.43 bits per heavy atom. The Bertz CT molecular complexity index is 880. The Balaban J connectivity index is 2.08. The van der Waals surface area contributed by atoms with E-state index >= 15 is 0 Å². The molecule has 5 nitrogen and oxygen atoms in total. The lowest BCUT2D eigenvalue weighted by Crippen LogP contribution is -2.51. The van der Waals surface area contributed by atoms with Crippen LogP contribution in [0.5, 0.6) is 0 Å². The number of anilines is 1. The molecular formula is C22H23ClN2O3. The topological polar surface area (TPSA) is 59.0 Å². The van der Waals surface area contributed by atoms with Crippen molar-refractivity contribution in [3.63, 3.8) is 0 Å². The van der Waals surface area contributed by atoms with Gasteiger partial charge in [-0.15, -0.1) is 0 Å². The van der Waals surface area contributed by atoms with Gasteiger partial charge in [0.1, 0.15) is 5.78 Å². The van der Waals surface area contributed by atoms with Gasteiger partial charge >= 0.3 is 5.97 Å². The molecule has 0 fully saturated rings. The van der Waals surface area contributed by atoms with Crippen LogP contribution in [0.2, 0.25) is 5.02 Å². The molecule has 0 radical (unpaired) electrons. The number of Topliss-reactive ketones (excluding diaryl/α,β-unsaturated/α-hetero) is 1. The molecule has 0 bridgehead atoms. The first-order chi connectivity index (χ1) is 13.5. The van der Waals surface area contributed by atoms with Gasteiger partial charge in [0.15, 0.2) is 5.54 Å². The summed E-state index contributed by atoms with van der Waals surface area (Å²) in [4.78, 5) is 24.9. The molecule has 1 aliphatic rings. The number of halogens is 1. The molecule has 0 N–H and O–H groups in total. The van der Waals surface area contributed by atoms with Crippen molar-refractivity contribution < 1.29 is 14.3 Å². The van der Waals surface area contributed by atoms with E-state index in [1.807, 2.05) is 42.5 Å². The molecule has 0 aromatic heterocycles. The number of hydrogen-bond acceptors (Lipinski definition) is 5. The predicted octanol–water partition coefficient (Wildman–Crippen LogP) is 4.63. The number of nitrogens with zero attached hydrogens (tertiary/aromatic N) is 2. The van der Waals surface area contributed by atoms with Gasteiger partial charge in [0.05, 0.1) is 18.0 Å². The third kappa shape index (κ3) is 4.09. The molecule has 1 aliphatic heterocycles. The summed E-state index contributed by atoms with van der Waals surface area (Å²) >= 11 is 6.01. The van der Waals surface area contributed by atoms with Crippen molar-refractivity contribution in [2.45, 2.75) is 38.6 Å². The smallest absolute Gasteiger partial charge is 0.334 e. The summed E-state index contributed by atoms with van der Waals surface area (Å²) in [5, 5.41) is 7.14. The Kier molecular flexibility index (Phi) is 6.15. The Morgan fingerprint density at radius 2 is 1.82 bits per heavy atom. The van der Waals surface area contributed by atoms with Crippen molar-refractivity contribution in [3.8, 4) is 0 Å². The third-order valence-electron chi connectivity index (χ3n) is 4.81. The van der Waals surface area contributed by atoms with Crippen LogP contribution < -0.4 is 5.01 Å². The zero-order valence-electron chi connectivity index (χ0n) is 16.0. The number of ketones is 1. The number of hydrogen-bond donors (Lipinski definition) is 0. The van der Waals surface area contributed by atoms with Gasteiger partial charge in [0, 0.05) is 17.9 Å². The van der Waals surface area contributed by atoms with Crippen molar-refractivity contribution in [1.82, 2.24) is 0 Å². The molecule has 0 saturated heterocycles. The standard InChI is InChI=1S/C22H23ClN2O3/c1-3-28-21(27)22(14-13-16(2)26)15-20(17-9-11-18(23)12-10-17)24-25(22)19-7-5-4-6-8-19/h4-12H,3,13-15H2,1-2H3. The van der Waals surface area contributed by atoms with Gasteiger partial charge in [0.2, 0.25) is 0 Å². The van der Waals surface area contributed by atoms with E-state index in [1.54, 1.807) is 24.1 Å². The van der Waals surface area contributed by atoms with E-state index in [4.69, 9.17) is 21.4 Å². The highest BCUT2D eigenvalue weighted by Crippen LogP contribution is 2.39. The Hall–Kier alpha value is -2.66. The van der Waals surface area contributed by atoms with Gasteiger partial charge < -0.3 is 9.53 Å². The molecule has 0 saturated carbocycles. The van der Waals surface area contributed by atoms with Crippen LogP contribution in [0.4, 0.5) is 5.69 Å². The van der Waals surface area contributed by atoms with Gasteiger partial charge in [-0.1, -0.05) is 41.9 Å². The van der Waals surface area contributed by atoms with E-state index in [9.17, 15) is 9.59 Å². The number of esters is 1. The van der Waals surface area contributed by atoms with E-state index < -0.39 is 5.54 Å². The minimum absolute atomic E-state index is 0.0247. The zero-order valence-corrected chi connectivity index (χ0v) is 16.8. The summed E-state index contributed by atoms with van der Waals surface area (Å²) in [6.07, 6.45) is 0.956. The summed E-state index contributed by atoms with van der Waals surface area (Å²) < 4.78 is 5.43. The first-order valence-corrected chi connectivity index (χ1v) is 9.69. The Morgan fingerprint density at radius 1 is 1.14 bits per heavy atom. The number of benzene rings is 2. The number of ether oxygens (including phenoxy) is 1. The van der Waals surface area contributed by atoms with E-state index in [1.165, 1.54) is 6.92 Å². The van der Waals surface area contributed by atoms with Crippen LogP contribution in [-0.2, 0) is 14.3 Å². The minimum atomic E-state index is -1.06. The molecule has 3 rings (SSSR count). The monoisotopic (exact) mass is 398 g/mol. The number of carbonyl (C=O) groups is 2. The lowest BCUT2D eigenvalue weighted by atomic mass is 9.85. The maximum atomic E-state index is 13.1. The van der Waals surface area contributed by atoms with Gasteiger partial charge in [0.25, 0.3) is 0 Å². The fraction of sp³-hybridized carbons (Fsp3) is 0.318. The van der Waals surface area contributed by atoms with Crippen LogP contribution in [0.25, 0.3) is 0 Å². The van der Waals surface area contributed by atoms with Crippen LogP contribution in [0.3, 0.4) is 0 Å². The maximum absolute atomic E-state index is 13.1. The summed E-state index contributed by atoms with van der Waals surface area (Å²) in [7, 11) is 0. The molecule has 1 unspecified atom stereocenters. The van der Waals surface area contributed by atoms with E-state index in [-0.39, 0.29) is 24.8 Å². The normalized spacial score (nSPS) is 18.7. The lowest BCUT2D eigenvalue weighted by Gasteiger charge is -2.35. The zero-order chi connectivity index (χ0) is 20.1. The quantitative estimate of drug-likeness (QED) is 0.638. The first kappa shape index (κ1) is 20.1. The summed E-state index contributed by atoms with van der Waals surface area (Å²) in [5.41, 5.74) is 1.37. The third-order valence-corrected chi connectivity index (χ3v) is 5.06. The SMILES string of the molecule is CCOC(=O)C1(CCC(C)=O)CC(c2ccc(Cl)cc2)=NN1c1ccccc1. The van der Waals surface area contributed by atoms with Gasteiger partial charge in [-0.05, 0) is 50.1 Å². The van der Waals surface area contributed by atoms with E-state index in [2.05, 4.69) is 0 Å². The van der Waals surface area contributed by atoms with Crippen molar-refractivity contribution in [3.05, 3.63) is 65.2 Å². The number of rotatable bonds is 7. The summed E-state index contributed by atoms with van der Waals surface area (Å²) in [5.74, 6) is -0.343. The maximum Gasteiger partial charge on any atom is 0.334 e. The second-order valence-corrected chi connectivity index (χ2v) is 7.27. The number of carbonyl (C=O) groups excluding carboxylic acids is 2. The Labute approximate surface area is 169 Å². The van der Waals surface area contributed by atoms with Gasteiger partial charge in [-0.2, -0.15) is 5.10 Å². The van der Waals surface area contributed by atoms with E-state index in [0.717, 1.165) is 17.0 Å². The molecule has 0 aliphatic carbocycles. The molecule has 2 aromatic rings. The van der Waals surface area contributed by atoms with E-state index in [0.29, 0.717) is 17.9 Å². The molecule has 0 amide bonds. The predicted molar refractivity (Wildman–Crippen MR) is 111 cm³/mol. The van der Waals surface area contributed by atoms with Crippen LogP contribution in [-0.4, -0.2) is 29.6 Å². The molecule has 1 atom stereocenters. The van der Waals surface area contributed by atoms with Gasteiger partial charge in [-0.3, -0.25) is 0 Å². The van der Waals surface area contributed by atoms with Crippen molar-refractivity contribution in [2.75, 3.05) is 11.6 Å². The summed E-state index contributed by atoms with van der Waals surface area (Å²) in [6.45, 7) is 3.57. The molecule has 0 spiro atoms. The molecule has 6 heteroatoms. The summed E-state index contributed by atoms with van der Waals surface area (Å²) in [6, 6.07) is 16.9. The molecular weight excluding hydrogens is 376 g/mol. The van der Waals surface area contributed by atoms with Crippen LogP contribution in [0.1, 0.15) is 38.7 Å². The first-order valence-electron chi connectivity index (χ1n) is 9.31. The van der Waals surface area contributed by atoms with Crippen LogP contribution in [0.15, 0.2) is 59.7 Å². The average Bonchev–Trinajstić information content (AvgIpc) is 3.09. The fourth-order valence-electron chi connectivity index (χ4n) is 3.38. The van der Waals surface area contributed by atoms with Crippen LogP contribution >= 0.6 is 11.6 Å². The molecule has 1 heterocycles.